The van der Waals surface area contributed by atoms with Gasteiger partial charge in [-0.05, 0) is 49.6 Å². The molecular weight excluding hydrogens is 571 g/mol. The third-order valence-corrected chi connectivity index (χ3v) is 8.11. The summed E-state index contributed by atoms with van der Waals surface area (Å²) in [6, 6.07) is 13.1. The Morgan fingerprint density at radius 3 is 2.38 bits per heavy atom. The lowest BCUT2D eigenvalue weighted by Crippen LogP contribution is -2.48. The van der Waals surface area contributed by atoms with Gasteiger partial charge in [0.15, 0.2) is 5.69 Å². The van der Waals surface area contributed by atoms with Crippen LogP contribution in [0.25, 0.3) is 11.1 Å². The van der Waals surface area contributed by atoms with Crippen LogP contribution < -0.4 is 9.80 Å². The molecule has 0 N–H and O–H groups in total. The quantitative estimate of drug-likeness (QED) is 0.326. The SMILES string of the molecule is CCOC(=O)c1cnn(C2CCCN(c3cc(Cl)ccc3-c3ccc(N4CCN(C(C)=O)CC4)cc3)C2)c1C(F)(F)F. The molecule has 2 aliphatic heterocycles. The third-order valence-electron chi connectivity index (χ3n) is 7.87. The van der Waals surface area contributed by atoms with Crippen LogP contribution in [0.15, 0.2) is 48.7 Å². The molecule has 5 rings (SSSR count). The Bertz CT molecular complexity index is 1430. The van der Waals surface area contributed by atoms with Gasteiger partial charge in [-0.1, -0.05) is 29.8 Å². The summed E-state index contributed by atoms with van der Waals surface area (Å²) >= 11 is 6.41. The molecule has 0 bridgehead atoms. The van der Waals surface area contributed by atoms with Crippen LogP contribution in [0.4, 0.5) is 24.5 Å². The van der Waals surface area contributed by atoms with Crippen LogP contribution in [0.1, 0.15) is 48.8 Å². The fourth-order valence-electron chi connectivity index (χ4n) is 5.79. The number of rotatable bonds is 6. The van der Waals surface area contributed by atoms with Crippen LogP contribution in [0.5, 0.6) is 0 Å². The molecule has 1 aromatic heterocycles. The average Bonchev–Trinajstić information content (AvgIpc) is 3.44. The van der Waals surface area contributed by atoms with Gasteiger partial charge in [0, 0.05) is 68.2 Å². The molecule has 12 heteroatoms. The van der Waals surface area contributed by atoms with Crippen molar-refractivity contribution >= 4 is 34.9 Å². The Balaban J connectivity index is 1.40. The van der Waals surface area contributed by atoms with Gasteiger partial charge < -0.3 is 19.4 Å². The Morgan fingerprint density at radius 1 is 1.02 bits per heavy atom. The molecule has 0 radical (unpaired) electrons. The van der Waals surface area contributed by atoms with Gasteiger partial charge >= 0.3 is 12.1 Å². The van der Waals surface area contributed by atoms with Crippen LogP contribution in [0.2, 0.25) is 5.02 Å². The van der Waals surface area contributed by atoms with E-state index in [1.807, 2.05) is 46.2 Å². The van der Waals surface area contributed by atoms with Crippen molar-refractivity contribution in [1.29, 1.82) is 0 Å². The average molecular weight is 604 g/mol. The Morgan fingerprint density at radius 2 is 1.74 bits per heavy atom. The van der Waals surface area contributed by atoms with E-state index in [0.29, 0.717) is 37.5 Å². The van der Waals surface area contributed by atoms with Crippen molar-refractivity contribution in [2.75, 3.05) is 55.7 Å². The summed E-state index contributed by atoms with van der Waals surface area (Å²) in [7, 11) is 0. The van der Waals surface area contributed by atoms with Crippen LogP contribution in [-0.4, -0.2) is 72.4 Å². The van der Waals surface area contributed by atoms with Crippen LogP contribution in [0, 0.1) is 0 Å². The first-order valence-corrected chi connectivity index (χ1v) is 14.4. The molecule has 42 heavy (non-hydrogen) atoms. The van der Waals surface area contributed by atoms with Crippen molar-refractivity contribution in [2.24, 2.45) is 0 Å². The van der Waals surface area contributed by atoms with Crippen molar-refractivity contribution in [3.63, 3.8) is 0 Å². The van der Waals surface area contributed by atoms with E-state index in [-0.39, 0.29) is 19.1 Å². The van der Waals surface area contributed by atoms with E-state index < -0.39 is 29.4 Å². The van der Waals surface area contributed by atoms with Crippen LogP contribution in [0.3, 0.4) is 0 Å². The zero-order valence-corrected chi connectivity index (χ0v) is 24.3. The fourth-order valence-corrected chi connectivity index (χ4v) is 5.96. The summed E-state index contributed by atoms with van der Waals surface area (Å²) in [5.41, 5.74) is 2.09. The monoisotopic (exact) mass is 603 g/mol. The van der Waals surface area contributed by atoms with E-state index in [0.717, 1.165) is 46.5 Å². The lowest BCUT2D eigenvalue weighted by Gasteiger charge is -2.37. The van der Waals surface area contributed by atoms with Gasteiger partial charge in [0.05, 0.1) is 18.8 Å². The molecular formula is C30H33ClF3N5O3. The number of nitrogens with zero attached hydrogens (tertiary/aromatic N) is 5. The lowest BCUT2D eigenvalue weighted by atomic mass is 9.99. The lowest BCUT2D eigenvalue weighted by molar-refractivity contribution is -0.145. The van der Waals surface area contributed by atoms with E-state index in [1.165, 1.54) is 0 Å². The summed E-state index contributed by atoms with van der Waals surface area (Å²) in [6.45, 7) is 6.87. The van der Waals surface area contributed by atoms with E-state index in [2.05, 4.69) is 10.00 Å². The van der Waals surface area contributed by atoms with E-state index >= 15 is 0 Å². The number of piperidine rings is 1. The zero-order valence-electron chi connectivity index (χ0n) is 23.5. The molecule has 0 saturated carbocycles. The highest BCUT2D eigenvalue weighted by Gasteiger charge is 2.42. The summed E-state index contributed by atoms with van der Waals surface area (Å²) < 4.78 is 48.3. The highest BCUT2D eigenvalue weighted by atomic mass is 35.5. The summed E-state index contributed by atoms with van der Waals surface area (Å²) in [4.78, 5) is 30.1. The smallest absolute Gasteiger partial charge is 0.433 e. The van der Waals surface area contributed by atoms with Gasteiger partial charge in [0.25, 0.3) is 0 Å². The molecule has 0 spiro atoms. The topological polar surface area (TPSA) is 70.9 Å². The van der Waals surface area contributed by atoms with Crippen molar-refractivity contribution in [2.45, 2.75) is 38.9 Å². The number of carbonyl (C=O) groups is 2. The number of carbonyl (C=O) groups excluding carboxylic acids is 2. The van der Waals surface area contributed by atoms with Gasteiger partial charge in [-0.3, -0.25) is 9.48 Å². The van der Waals surface area contributed by atoms with Crippen molar-refractivity contribution < 1.29 is 27.5 Å². The predicted molar refractivity (Wildman–Crippen MR) is 155 cm³/mol. The number of hydrogen-bond donors (Lipinski definition) is 0. The highest BCUT2D eigenvalue weighted by Crippen LogP contribution is 2.39. The molecule has 2 fully saturated rings. The second-order valence-electron chi connectivity index (χ2n) is 10.5. The zero-order chi connectivity index (χ0) is 30.0. The first kappa shape index (κ1) is 29.8. The largest absolute Gasteiger partial charge is 0.462 e. The van der Waals surface area contributed by atoms with Crippen molar-refractivity contribution in [3.8, 4) is 11.1 Å². The number of piperazine rings is 1. The number of hydrogen-bond acceptors (Lipinski definition) is 6. The number of halogens is 4. The molecule has 2 aromatic carbocycles. The van der Waals surface area contributed by atoms with Crippen molar-refractivity contribution in [1.82, 2.24) is 14.7 Å². The Hall–Kier alpha value is -3.73. The van der Waals surface area contributed by atoms with E-state index in [1.54, 1.807) is 19.9 Å². The van der Waals surface area contributed by atoms with Gasteiger partial charge in [0.2, 0.25) is 5.91 Å². The second kappa shape index (κ2) is 12.2. The second-order valence-corrected chi connectivity index (χ2v) is 10.9. The number of anilines is 2. The molecule has 8 nitrogen and oxygen atoms in total. The molecule has 3 aromatic rings. The van der Waals surface area contributed by atoms with E-state index in [9.17, 15) is 22.8 Å². The maximum absolute atomic E-state index is 14.2. The van der Waals surface area contributed by atoms with Gasteiger partial charge in [0.1, 0.15) is 5.56 Å². The standard InChI is InChI=1S/C30H33ClF3N5O3/c1-3-42-29(41)26-18-35-39(28(26)30(32,33)34)24-5-4-12-38(19-24)27-17-22(31)8-11-25(27)21-6-9-23(10-7-21)37-15-13-36(14-16-37)20(2)40/h6-11,17-18,24H,3-5,12-16,19H2,1-2H3. The fraction of sp³-hybridized carbons (Fsp3) is 0.433. The molecule has 2 aliphatic rings. The van der Waals surface area contributed by atoms with Crippen LogP contribution in [-0.2, 0) is 15.7 Å². The molecule has 224 valence electrons. The molecule has 1 unspecified atom stereocenters. The number of esters is 1. The highest BCUT2D eigenvalue weighted by molar-refractivity contribution is 6.31. The molecule has 0 aliphatic carbocycles. The third kappa shape index (κ3) is 6.21. The minimum absolute atomic E-state index is 0.0342. The van der Waals surface area contributed by atoms with Gasteiger partial charge in [-0.2, -0.15) is 18.3 Å². The van der Waals surface area contributed by atoms with Gasteiger partial charge in [-0.25, -0.2) is 4.79 Å². The van der Waals surface area contributed by atoms with Crippen molar-refractivity contribution in [3.05, 3.63) is 64.9 Å². The normalized spacial score (nSPS) is 17.9. The number of ether oxygens (including phenoxy) is 1. The first-order chi connectivity index (χ1) is 20.1. The molecule has 1 atom stereocenters. The minimum Gasteiger partial charge on any atom is -0.462 e. The van der Waals surface area contributed by atoms with E-state index in [4.69, 9.17) is 16.3 Å². The molecule has 1 amide bonds. The minimum atomic E-state index is -4.78. The maximum Gasteiger partial charge on any atom is 0.433 e. The summed E-state index contributed by atoms with van der Waals surface area (Å²) in [5.74, 6) is -0.952. The number of benzene rings is 2. The number of amides is 1. The molecule has 2 saturated heterocycles. The molecule has 3 heterocycles. The Kier molecular flexibility index (Phi) is 8.68. The van der Waals surface area contributed by atoms with Crippen LogP contribution >= 0.6 is 11.6 Å². The summed E-state index contributed by atoms with van der Waals surface area (Å²) in [6.07, 6.45) is -2.71. The number of alkyl halides is 3. The van der Waals surface area contributed by atoms with Gasteiger partial charge in [-0.15, -0.1) is 0 Å². The maximum atomic E-state index is 14.2. The number of aromatic nitrogens is 2. The summed E-state index contributed by atoms with van der Waals surface area (Å²) in [5, 5.41) is 4.54. The first-order valence-electron chi connectivity index (χ1n) is 14.0. The Labute approximate surface area is 247 Å². The predicted octanol–water partition coefficient (Wildman–Crippen LogP) is 5.91.